The number of phosphoric acid groups is 1. The first-order valence-electron chi connectivity index (χ1n) is 28.8. The Morgan fingerprint density at radius 1 is 0.403 bits per heavy atom. The van der Waals surface area contributed by atoms with Gasteiger partial charge in [0.15, 0.2) is 6.10 Å². The molecule has 0 aromatic rings. The highest BCUT2D eigenvalue weighted by molar-refractivity contribution is 7.47. The predicted molar refractivity (Wildman–Crippen MR) is 298 cm³/mol. The van der Waals surface area contributed by atoms with Crippen molar-refractivity contribution >= 4 is 25.7 Å². The average Bonchev–Trinajstić information content (AvgIpc) is 3.37. The van der Waals surface area contributed by atoms with Crippen LogP contribution in [-0.4, -0.2) is 66.5 Å². The zero-order valence-electron chi connectivity index (χ0n) is 45.9. The Morgan fingerprint density at radius 3 is 1.18 bits per heavy atom. The number of esters is 3. The zero-order chi connectivity index (χ0) is 52.7. The second-order valence-electron chi connectivity index (χ2n) is 19.1. The second kappa shape index (κ2) is 54.2. The van der Waals surface area contributed by atoms with E-state index in [1.807, 2.05) is 12.2 Å². The first-order chi connectivity index (χ1) is 35.2. The molecule has 0 amide bonds. The van der Waals surface area contributed by atoms with E-state index in [9.17, 15) is 28.9 Å². The van der Waals surface area contributed by atoms with Crippen LogP contribution in [0.15, 0.2) is 72.9 Å². The molecule has 3 unspecified atom stereocenters. The molecule has 0 aliphatic rings. The van der Waals surface area contributed by atoms with Gasteiger partial charge in [0, 0.05) is 19.3 Å². The molecule has 0 fully saturated rings. The monoisotopic (exact) mass is 1030 g/mol. The molecule has 72 heavy (non-hydrogen) atoms. The average molecular weight is 1030 g/mol. The van der Waals surface area contributed by atoms with Gasteiger partial charge in [-0.3, -0.25) is 23.4 Å². The Kier molecular flexibility index (Phi) is 51.9. The first-order valence-corrected chi connectivity index (χ1v) is 30.3. The van der Waals surface area contributed by atoms with Gasteiger partial charge in [-0.1, -0.05) is 222 Å². The van der Waals surface area contributed by atoms with Gasteiger partial charge in [0.05, 0.1) is 19.8 Å². The maximum Gasteiger partial charge on any atom is 0.472 e. The number of rotatable bonds is 53. The Balaban J connectivity index is 4.81. The molecule has 2 N–H and O–H groups in total. The van der Waals surface area contributed by atoms with Crippen molar-refractivity contribution in [3.8, 4) is 0 Å². The molecule has 12 heteroatoms. The van der Waals surface area contributed by atoms with Gasteiger partial charge in [-0.05, 0) is 83.5 Å². The minimum Gasteiger partial charge on any atom is -0.462 e. The van der Waals surface area contributed by atoms with Crippen LogP contribution in [-0.2, 0) is 42.2 Å². The van der Waals surface area contributed by atoms with Gasteiger partial charge >= 0.3 is 25.7 Å². The first kappa shape index (κ1) is 68.9. The summed E-state index contributed by atoms with van der Waals surface area (Å²) in [7, 11) is -4.76. The molecule has 0 aromatic heterocycles. The standard InChI is InChI=1S/C60H105O11P/c1-4-7-10-13-16-19-22-24-26-28-30-32-35-37-40-43-46-49-58(62)67-53-57(71-60(64)51-48-45-42-39-36-33-31-29-27-25-23-20-17-14-11-8-5-2)55-69-72(65,66)68-54-56(52-61)70-59(63)50-47-44-41-38-34-21-18-15-12-9-6-3/h8,11,17,20,24-27,31,33,39,42,56-57,61H,4-7,9-10,12-16,18-19,21-23,28-30,32,34-38,40-41,43-55H2,1-3H3,(H,65,66)/b11-8-,20-17-,26-24-,27-25-,33-31-,42-39-. The largest absolute Gasteiger partial charge is 0.472 e. The summed E-state index contributed by atoms with van der Waals surface area (Å²) in [6.45, 7) is 4.46. The third-order valence-electron chi connectivity index (χ3n) is 12.1. The third kappa shape index (κ3) is 51.8. The number of carbonyl (C=O) groups is 3. The molecular weight excluding hydrogens is 928 g/mol. The Bertz CT molecular complexity index is 1490. The van der Waals surface area contributed by atoms with Crippen molar-refractivity contribution < 1.29 is 52.2 Å². The van der Waals surface area contributed by atoms with E-state index in [2.05, 4.69) is 81.5 Å². The third-order valence-corrected chi connectivity index (χ3v) is 13.1. The number of aliphatic hydroxyl groups excluding tert-OH is 1. The molecule has 0 saturated carbocycles. The lowest BCUT2D eigenvalue weighted by Crippen LogP contribution is -2.30. The van der Waals surface area contributed by atoms with E-state index in [0.717, 1.165) is 77.0 Å². The van der Waals surface area contributed by atoms with E-state index in [1.54, 1.807) is 0 Å². The lowest BCUT2D eigenvalue weighted by Gasteiger charge is -2.21. The van der Waals surface area contributed by atoms with Crippen LogP contribution in [0, 0.1) is 0 Å². The second-order valence-corrected chi connectivity index (χ2v) is 20.5. The van der Waals surface area contributed by atoms with Crippen LogP contribution in [0.1, 0.15) is 252 Å². The van der Waals surface area contributed by atoms with Gasteiger partial charge in [-0.25, -0.2) is 4.57 Å². The lowest BCUT2D eigenvalue weighted by molar-refractivity contribution is -0.161. The SMILES string of the molecule is CC/C=C\C/C=C\C/C=C\C/C=C\C/C=C\CCCC(=O)OC(COC(=O)CCCCCCCCC/C=C\CCCCCCCC)COP(=O)(O)OCC(CO)OC(=O)CCCCCCCCCCCCC. The van der Waals surface area contributed by atoms with Crippen molar-refractivity contribution in [3.05, 3.63) is 72.9 Å². The Labute approximate surface area is 439 Å². The van der Waals surface area contributed by atoms with E-state index in [-0.39, 0.29) is 25.9 Å². The van der Waals surface area contributed by atoms with Crippen LogP contribution >= 0.6 is 7.82 Å². The number of hydrogen-bond acceptors (Lipinski definition) is 10. The molecule has 11 nitrogen and oxygen atoms in total. The van der Waals surface area contributed by atoms with Crippen molar-refractivity contribution in [1.82, 2.24) is 0 Å². The van der Waals surface area contributed by atoms with Crippen LogP contribution in [0.25, 0.3) is 0 Å². The van der Waals surface area contributed by atoms with E-state index in [4.69, 9.17) is 23.3 Å². The van der Waals surface area contributed by atoms with Crippen molar-refractivity contribution in [1.29, 1.82) is 0 Å². The fourth-order valence-corrected chi connectivity index (χ4v) is 8.52. The number of unbranched alkanes of at least 4 members (excludes halogenated alkanes) is 24. The van der Waals surface area contributed by atoms with E-state index < -0.39 is 57.8 Å². The van der Waals surface area contributed by atoms with Gasteiger partial charge in [0.1, 0.15) is 12.7 Å². The van der Waals surface area contributed by atoms with Crippen LogP contribution in [0.4, 0.5) is 0 Å². The number of aliphatic hydroxyl groups is 1. The van der Waals surface area contributed by atoms with Gasteiger partial charge in [-0.2, -0.15) is 0 Å². The summed E-state index contributed by atoms with van der Waals surface area (Å²) >= 11 is 0. The smallest absolute Gasteiger partial charge is 0.462 e. The Hall–Kier alpha value is -3.08. The molecule has 416 valence electrons. The predicted octanol–water partition coefficient (Wildman–Crippen LogP) is 16.9. The molecule has 0 bridgehead atoms. The van der Waals surface area contributed by atoms with Crippen LogP contribution in [0.2, 0.25) is 0 Å². The normalized spacial score (nSPS) is 13.9. The van der Waals surface area contributed by atoms with E-state index >= 15 is 0 Å². The number of allylic oxidation sites excluding steroid dienone is 12. The Morgan fingerprint density at radius 2 is 0.736 bits per heavy atom. The molecule has 0 spiro atoms. The van der Waals surface area contributed by atoms with Crippen LogP contribution in [0.5, 0.6) is 0 Å². The van der Waals surface area contributed by atoms with Crippen molar-refractivity contribution in [2.75, 3.05) is 26.4 Å². The highest BCUT2D eigenvalue weighted by atomic mass is 31.2. The molecule has 0 radical (unpaired) electrons. The maximum atomic E-state index is 12.9. The van der Waals surface area contributed by atoms with Crippen LogP contribution < -0.4 is 0 Å². The molecule has 0 rings (SSSR count). The summed E-state index contributed by atoms with van der Waals surface area (Å²) in [6, 6.07) is 0. The van der Waals surface area contributed by atoms with Gasteiger partial charge in [0.25, 0.3) is 0 Å². The molecule has 0 heterocycles. The summed E-state index contributed by atoms with van der Waals surface area (Å²) in [5, 5.41) is 9.79. The zero-order valence-corrected chi connectivity index (χ0v) is 46.8. The molecular formula is C60H105O11P. The maximum absolute atomic E-state index is 12.9. The van der Waals surface area contributed by atoms with Crippen molar-refractivity contribution in [2.45, 2.75) is 264 Å². The summed E-state index contributed by atoms with van der Waals surface area (Å²) in [5.41, 5.74) is 0. The van der Waals surface area contributed by atoms with E-state index in [1.165, 1.54) is 109 Å². The highest BCUT2D eigenvalue weighted by Gasteiger charge is 2.28. The molecule has 3 atom stereocenters. The van der Waals surface area contributed by atoms with Gasteiger partial charge < -0.3 is 24.2 Å². The quantitative estimate of drug-likeness (QED) is 0.0197. The fourth-order valence-electron chi connectivity index (χ4n) is 7.74. The van der Waals surface area contributed by atoms with Gasteiger partial charge in [-0.15, -0.1) is 0 Å². The minimum absolute atomic E-state index is 0.0880. The number of ether oxygens (including phenoxy) is 3. The van der Waals surface area contributed by atoms with E-state index in [0.29, 0.717) is 25.7 Å². The summed E-state index contributed by atoms with van der Waals surface area (Å²) in [4.78, 5) is 48.5. The van der Waals surface area contributed by atoms with Crippen molar-refractivity contribution in [3.63, 3.8) is 0 Å². The minimum atomic E-state index is -4.76. The molecule has 0 aromatic carbocycles. The molecule has 0 saturated heterocycles. The topological polar surface area (TPSA) is 155 Å². The summed E-state index contributed by atoms with van der Waals surface area (Å²) in [6.07, 6.45) is 60.1. The summed E-state index contributed by atoms with van der Waals surface area (Å²) < 4.78 is 39.4. The fraction of sp³-hybridized carbons (Fsp3) is 0.750. The number of phosphoric ester groups is 1. The van der Waals surface area contributed by atoms with Crippen molar-refractivity contribution in [2.24, 2.45) is 0 Å². The number of hydrogen-bond donors (Lipinski definition) is 2. The molecule has 0 aliphatic heterocycles. The summed E-state index contributed by atoms with van der Waals surface area (Å²) in [5.74, 6) is -1.54. The lowest BCUT2D eigenvalue weighted by atomic mass is 10.1. The highest BCUT2D eigenvalue weighted by Crippen LogP contribution is 2.43. The van der Waals surface area contributed by atoms with Gasteiger partial charge in [0.2, 0.25) is 0 Å². The van der Waals surface area contributed by atoms with Crippen LogP contribution in [0.3, 0.4) is 0 Å². The molecule has 0 aliphatic carbocycles. The number of carbonyl (C=O) groups excluding carboxylic acids is 3.